The largest absolute Gasteiger partial charge is 0.349 e. The summed E-state index contributed by atoms with van der Waals surface area (Å²) >= 11 is 0. The van der Waals surface area contributed by atoms with Gasteiger partial charge in [0, 0.05) is 6.20 Å². The Bertz CT molecular complexity index is 354. The molecule has 5 nitrogen and oxygen atoms in total. The number of carbonyl (C=O) groups excluding carboxylic acids is 1. The van der Waals surface area contributed by atoms with Crippen LogP contribution >= 0.6 is 0 Å². The van der Waals surface area contributed by atoms with E-state index in [9.17, 15) is 4.79 Å². The first kappa shape index (κ1) is 12.6. The number of aryl methyl sites for hydroxylation is 1. The lowest BCUT2D eigenvalue weighted by atomic mass is 10.1. The van der Waals surface area contributed by atoms with Gasteiger partial charge in [-0.05, 0) is 19.4 Å². The number of nitrogens with two attached hydrogens (primary N) is 1. The standard InChI is InChI=1S/C11H18N4O/c1-3-4-10(12)11(16)14-7-9-5-6-13-8(2)15-9/h5-6,10H,3-4,7,12H2,1-2H3,(H,14,16)/t10-/m0/s1. The van der Waals surface area contributed by atoms with E-state index in [1.54, 1.807) is 12.3 Å². The number of hydrogen-bond donors (Lipinski definition) is 2. The maximum Gasteiger partial charge on any atom is 0.237 e. The topological polar surface area (TPSA) is 80.9 Å². The van der Waals surface area contributed by atoms with Gasteiger partial charge in [0.1, 0.15) is 5.82 Å². The number of aromatic nitrogens is 2. The number of nitrogens with zero attached hydrogens (tertiary/aromatic N) is 2. The monoisotopic (exact) mass is 222 g/mol. The van der Waals surface area contributed by atoms with E-state index in [4.69, 9.17) is 5.73 Å². The highest BCUT2D eigenvalue weighted by molar-refractivity contribution is 5.81. The number of hydrogen-bond acceptors (Lipinski definition) is 4. The van der Waals surface area contributed by atoms with Crippen LogP contribution in [0.2, 0.25) is 0 Å². The molecule has 1 aromatic heterocycles. The summed E-state index contributed by atoms with van der Waals surface area (Å²) in [4.78, 5) is 19.7. The van der Waals surface area contributed by atoms with Crippen LogP contribution in [0.15, 0.2) is 12.3 Å². The summed E-state index contributed by atoms with van der Waals surface area (Å²) in [5.74, 6) is 0.572. The molecule has 1 atom stereocenters. The first-order valence-electron chi connectivity index (χ1n) is 5.45. The molecule has 1 heterocycles. The molecule has 5 heteroatoms. The molecule has 1 rings (SSSR count). The van der Waals surface area contributed by atoms with Crippen LogP contribution in [0.5, 0.6) is 0 Å². The van der Waals surface area contributed by atoms with Gasteiger partial charge in [-0.15, -0.1) is 0 Å². The fraction of sp³-hybridized carbons (Fsp3) is 0.545. The summed E-state index contributed by atoms with van der Waals surface area (Å²) < 4.78 is 0. The zero-order valence-corrected chi connectivity index (χ0v) is 9.73. The summed E-state index contributed by atoms with van der Waals surface area (Å²) in [5.41, 5.74) is 6.47. The van der Waals surface area contributed by atoms with E-state index in [-0.39, 0.29) is 5.91 Å². The van der Waals surface area contributed by atoms with E-state index in [1.165, 1.54) is 0 Å². The predicted octanol–water partition coefficient (Wildman–Crippen LogP) is 0.529. The zero-order valence-electron chi connectivity index (χ0n) is 9.73. The first-order valence-corrected chi connectivity index (χ1v) is 5.45. The molecule has 0 aliphatic rings. The minimum Gasteiger partial charge on any atom is -0.349 e. The average Bonchev–Trinajstić information content (AvgIpc) is 2.26. The van der Waals surface area contributed by atoms with Crippen molar-refractivity contribution in [3.8, 4) is 0 Å². The van der Waals surface area contributed by atoms with E-state index in [0.29, 0.717) is 18.8 Å². The van der Waals surface area contributed by atoms with E-state index >= 15 is 0 Å². The van der Waals surface area contributed by atoms with Gasteiger partial charge in [-0.2, -0.15) is 0 Å². The van der Waals surface area contributed by atoms with Crippen LogP contribution in [0.3, 0.4) is 0 Å². The Morgan fingerprint density at radius 3 is 3.00 bits per heavy atom. The van der Waals surface area contributed by atoms with Crippen molar-refractivity contribution in [2.24, 2.45) is 5.73 Å². The summed E-state index contributed by atoms with van der Waals surface area (Å²) in [6.45, 7) is 4.22. The quantitative estimate of drug-likeness (QED) is 0.761. The predicted molar refractivity (Wildman–Crippen MR) is 61.5 cm³/mol. The fourth-order valence-electron chi connectivity index (χ4n) is 1.35. The molecule has 0 aliphatic carbocycles. The molecule has 0 bridgehead atoms. The minimum absolute atomic E-state index is 0.127. The molecular weight excluding hydrogens is 204 g/mol. The van der Waals surface area contributed by atoms with Gasteiger partial charge in [0.05, 0.1) is 18.3 Å². The molecule has 0 saturated heterocycles. The maximum absolute atomic E-state index is 11.5. The van der Waals surface area contributed by atoms with Crippen LogP contribution in [-0.4, -0.2) is 21.9 Å². The van der Waals surface area contributed by atoms with Gasteiger partial charge in [0.25, 0.3) is 0 Å². The Morgan fingerprint density at radius 2 is 2.38 bits per heavy atom. The molecule has 16 heavy (non-hydrogen) atoms. The Balaban J connectivity index is 2.42. The molecule has 0 aromatic carbocycles. The van der Waals surface area contributed by atoms with Crippen LogP contribution in [0, 0.1) is 6.92 Å². The number of nitrogens with one attached hydrogen (secondary N) is 1. The Labute approximate surface area is 95.5 Å². The van der Waals surface area contributed by atoms with Gasteiger partial charge in [-0.3, -0.25) is 4.79 Å². The molecule has 3 N–H and O–H groups in total. The van der Waals surface area contributed by atoms with Gasteiger partial charge in [-0.25, -0.2) is 9.97 Å². The molecule has 0 saturated carbocycles. The van der Waals surface area contributed by atoms with Crippen molar-refractivity contribution < 1.29 is 4.79 Å². The highest BCUT2D eigenvalue weighted by atomic mass is 16.2. The first-order chi connectivity index (χ1) is 7.63. The molecule has 0 spiro atoms. The van der Waals surface area contributed by atoms with Crippen LogP contribution < -0.4 is 11.1 Å². The Morgan fingerprint density at radius 1 is 1.62 bits per heavy atom. The lowest BCUT2D eigenvalue weighted by molar-refractivity contribution is -0.122. The van der Waals surface area contributed by atoms with E-state index in [1.807, 2.05) is 13.8 Å². The molecule has 88 valence electrons. The minimum atomic E-state index is -0.423. The van der Waals surface area contributed by atoms with Crippen LogP contribution in [0.25, 0.3) is 0 Å². The van der Waals surface area contributed by atoms with E-state index in [0.717, 1.165) is 12.1 Å². The Hall–Kier alpha value is -1.49. The van der Waals surface area contributed by atoms with Crippen molar-refractivity contribution in [2.45, 2.75) is 39.3 Å². The second-order valence-electron chi connectivity index (χ2n) is 3.71. The molecule has 0 unspecified atom stereocenters. The Kier molecular flexibility index (Phi) is 4.85. The van der Waals surface area contributed by atoms with Crippen molar-refractivity contribution in [1.29, 1.82) is 0 Å². The van der Waals surface area contributed by atoms with Crippen molar-refractivity contribution in [3.63, 3.8) is 0 Å². The number of amides is 1. The van der Waals surface area contributed by atoms with Gasteiger partial charge >= 0.3 is 0 Å². The third-order valence-corrected chi connectivity index (χ3v) is 2.21. The van der Waals surface area contributed by atoms with Crippen molar-refractivity contribution in [1.82, 2.24) is 15.3 Å². The zero-order chi connectivity index (χ0) is 12.0. The highest BCUT2D eigenvalue weighted by Gasteiger charge is 2.11. The summed E-state index contributed by atoms with van der Waals surface area (Å²) in [6.07, 6.45) is 3.28. The van der Waals surface area contributed by atoms with E-state index < -0.39 is 6.04 Å². The summed E-state index contributed by atoms with van der Waals surface area (Å²) in [6, 6.07) is 1.35. The van der Waals surface area contributed by atoms with Crippen molar-refractivity contribution in [3.05, 3.63) is 23.8 Å². The SMILES string of the molecule is CCC[C@H](N)C(=O)NCc1ccnc(C)n1. The number of rotatable bonds is 5. The summed E-state index contributed by atoms with van der Waals surface area (Å²) in [7, 11) is 0. The maximum atomic E-state index is 11.5. The molecule has 0 fully saturated rings. The number of carbonyl (C=O) groups is 1. The smallest absolute Gasteiger partial charge is 0.237 e. The molecule has 1 aromatic rings. The average molecular weight is 222 g/mol. The second kappa shape index (κ2) is 6.17. The van der Waals surface area contributed by atoms with Crippen molar-refractivity contribution in [2.75, 3.05) is 0 Å². The second-order valence-corrected chi connectivity index (χ2v) is 3.71. The van der Waals surface area contributed by atoms with Gasteiger partial charge in [0.15, 0.2) is 0 Å². The molecule has 1 amide bonds. The lowest BCUT2D eigenvalue weighted by Gasteiger charge is -2.10. The highest BCUT2D eigenvalue weighted by Crippen LogP contribution is 1.96. The van der Waals surface area contributed by atoms with Gasteiger partial charge < -0.3 is 11.1 Å². The van der Waals surface area contributed by atoms with Crippen LogP contribution in [0.4, 0.5) is 0 Å². The van der Waals surface area contributed by atoms with E-state index in [2.05, 4.69) is 15.3 Å². The lowest BCUT2D eigenvalue weighted by Crippen LogP contribution is -2.40. The normalized spacial score (nSPS) is 12.2. The van der Waals surface area contributed by atoms with Gasteiger partial charge in [-0.1, -0.05) is 13.3 Å². The third kappa shape index (κ3) is 3.94. The molecule has 0 radical (unpaired) electrons. The third-order valence-electron chi connectivity index (χ3n) is 2.21. The molecule has 0 aliphatic heterocycles. The van der Waals surface area contributed by atoms with Gasteiger partial charge in [0.2, 0.25) is 5.91 Å². The van der Waals surface area contributed by atoms with Crippen molar-refractivity contribution >= 4 is 5.91 Å². The van der Waals surface area contributed by atoms with Crippen LogP contribution in [0.1, 0.15) is 31.3 Å². The van der Waals surface area contributed by atoms with Crippen LogP contribution in [-0.2, 0) is 11.3 Å². The molecular formula is C11H18N4O. The fourth-order valence-corrected chi connectivity index (χ4v) is 1.35. The summed E-state index contributed by atoms with van der Waals surface area (Å²) in [5, 5.41) is 2.76.